The third-order valence-electron chi connectivity index (χ3n) is 3.73. The van der Waals surface area contributed by atoms with E-state index in [1.54, 1.807) is 0 Å². The van der Waals surface area contributed by atoms with Crippen molar-refractivity contribution in [2.45, 2.75) is 45.2 Å². The zero-order valence-electron chi connectivity index (χ0n) is 10.7. The van der Waals surface area contributed by atoms with Crippen molar-refractivity contribution >= 4 is 0 Å². The molecule has 1 saturated carbocycles. The molecule has 0 amide bonds. The van der Waals surface area contributed by atoms with Gasteiger partial charge in [0.2, 0.25) is 0 Å². The van der Waals surface area contributed by atoms with E-state index in [-0.39, 0.29) is 6.61 Å². The first-order valence-corrected chi connectivity index (χ1v) is 6.70. The van der Waals surface area contributed by atoms with Gasteiger partial charge in [-0.2, -0.15) is 0 Å². The average molecular weight is 233 g/mol. The largest absolute Gasteiger partial charge is 0.395 e. The Labute approximate surface area is 104 Å². The van der Waals surface area contributed by atoms with E-state index >= 15 is 0 Å². The highest BCUT2D eigenvalue weighted by molar-refractivity contribution is 5.21. The molecule has 94 valence electrons. The van der Waals surface area contributed by atoms with Crippen LogP contribution in [0.1, 0.15) is 36.8 Å². The summed E-state index contributed by atoms with van der Waals surface area (Å²) in [6, 6.07) is 9.43. The number of aryl methyl sites for hydroxylation is 1. The molecule has 1 aromatic carbocycles. The summed E-state index contributed by atoms with van der Waals surface area (Å²) >= 11 is 0. The van der Waals surface area contributed by atoms with Gasteiger partial charge in [-0.1, -0.05) is 42.7 Å². The zero-order chi connectivity index (χ0) is 12.1. The van der Waals surface area contributed by atoms with E-state index in [0.717, 1.165) is 13.1 Å². The van der Waals surface area contributed by atoms with Gasteiger partial charge in [0, 0.05) is 19.1 Å². The van der Waals surface area contributed by atoms with E-state index in [2.05, 4.69) is 36.1 Å². The summed E-state index contributed by atoms with van der Waals surface area (Å²) in [5, 5.41) is 9.18. The van der Waals surface area contributed by atoms with Crippen LogP contribution in [0.3, 0.4) is 0 Å². The third-order valence-corrected chi connectivity index (χ3v) is 3.73. The molecule has 1 fully saturated rings. The van der Waals surface area contributed by atoms with Gasteiger partial charge in [0.15, 0.2) is 0 Å². The Bertz CT molecular complexity index is 327. The Kier molecular flexibility index (Phi) is 4.57. The summed E-state index contributed by atoms with van der Waals surface area (Å²) in [6.07, 6.45) is 5.29. The number of aliphatic hydroxyl groups excluding tert-OH is 1. The smallest absolute Gasteiger partial charge is 0.0558 e. The van der Waals surface area contributed by atoms with Crippen molar-refractivity contribution in [3.8, 4) is 0 Å². The predicted octanol–water partition coefficient (Wildman–Crippen LogP) is 2.73. The number of rotatable bonds is 5. The molecule has 0 spiro atoms. The van der Waals surface area contributed by atoms with Crippen molar-refractivity contribution in [1.82, 2.24) is 4.90 Å². The van der Waals surface area contributed by atoms with Crippen molar-refractivity contribution in [3.05, 3.63) is 35.4 Å². The summed E-state index contributed by atoms with van der Waals surface area (Å²) in [7, 11) is 0. The van der Waals surface area contributed by atoms with Crippen LogP contribution in [-0.4, -0.2) is 29.2 Å². The van der Waals surface area contributed by atoms with Crippen LogP contribution in [0.5, 0.6) is 0 Å². The van der Waals surface area contributed by atoms with Crippen molar-refractivity contribution in [2.24, 2.45) is 0 Å². The van der Waals surface area contributed by atoms with E-state index < -0.39 is 0 Å². The fraction of sp³-hybridized carbons (Fsp3) is 0.600. The highest BCUT2D eigenvalue weighted by atomic mass is 16.3. The minimum Gasteiger partial charge on any atom is -0.395 e. The molecular weight excluding hydrogens is 210 g/mol. The molecule has 0 aliphatic heterocycles. The SMILES string of the molecule is Cc1ccc(CN(CCO)C2CCCC2)cc1. The normalized spacial score (nSPS) is 16.9. The van der Waals surface area contributed by atoms with Crippen molar-refractivity contribution in [2.75, 3.05) is 13.2 Å². The molecule has 0 atom stereocenters. The molecule has 1 N–H and O–H groups in total. The lowest BCUT2D eigenvalue weighted by Gasteiger charge is -2.28. The third kappa shape index (κ3) is 3.55. The van der Waals surface area contributed by atoms with Crippen molar-refractivity contribution < 1.29 is 5.11 Å². The Balaban J connectivity index is 1.98. The molecule has 0 radical (unpaired) electrons. The second-order valence-electron chi connectivity index (χ2n) is 5.12. The van der Waals surface area contributed by atoms with Crippen LogP contribution in [0.4, 0.5) is 0 Å². The van der Waals surface area contributed by atoms with E-state index in [4.69, 9.17) is 0 Å². The van der Waals surface area contributed by atoms with Gasteiger partial charge < -0.3 is 5.11 Å². The Morgan fingerprint density at radius 3 is 2.41 bits per heavy atom. The van der Waals surface area contributed by atoms with E-state index in [1.807, 2.05) is 0 Å². The van der Waals surface area contributed by atoms with Gasteiger partial charge in [0.05, 0.1) is 6.61 Å². The molecule has 1 aliphatic carbocycles. The summed E-state index contributed by atoms with van der Waals surface area (Å²) in [4.78, 5) is 2.44. The van der Waals surface area contributed by atoms with Crippen molar-refractivity contribution in [3.63, 3.8) is 0 Å². The molecule has 0 saturated heterocycles. The zero-order valence-corrected chi connectivity index (χ0v) is 10.7. The van der Waals surface area contributed by atoms with Gasteiger partial charge in [-0.15, -0.1) is 0 Å². The van der Waals surface area contributed by atoms with Crippen LogP contribution >= 0.6 is 0 Å². The Morgan fingerprint density at radius 1 is 1.18 bits per heavy atom. The van der Waals surface area contributed by atoms with E-state index in [0.29, 0.717) is 6.04 Å². The van der Waals surface area contributed by atoms with Gasteiger partial charge in [-0.3, -0.25) is 4.90 Å². The van der Waals surface area contributed by atoms with Gasteiger partial charge in [-0.05, 0) is 25.3 Å². The van der Waals surface area contributed by atoms with Crippen LogP contribution < -0.4 is 0 Å². The quantitative estimate of drug-likeness (QED) is 0.845. The predicted molar refractivity (Wildman–Crippen MR) is 70.9 cm³/mol. The molecule has 0 aromatic heterocycles. The summed E-state index contributed by atoms with van der Waals surface area (Å²) in [5.74, 6) is 0. The topological polar surface area (TPSA) is 23.5 Å². The minimum absolute atomic E-state index is 0.266. The highest BCUT2D eigenvalue weighted by Crippen LogP contribution is 2.24. The molecule has 0 unspecified atom stereocenters. The maximum atomic E-state index is 9.18. The van der Waals surface area contributed by atoms with Gasteiger partial charge >= 0.3 is 0 Å². The summed E-state index contributed by atoms with van der Waals surface area (Å²) < 4.78 is 0. The maximum absolute atomic E-state index is 9.18. The molecule has 17 heavy (non-hydrogen) atoms. The lowest BCUT2D eigenvalue weighted by atomic mass is 10.1. The number of aliphatic hydroxyl groups is 1. The lowest BCUT2D eigenvalue weighted by molar-refractivity contribution is 0.145. The molecule has 2 heteroatoms. The molecule has 2 rings (SSSR count). The van der Waals surface area contributed by atoms with Crippen LogP contribution in [0.25, 0.3) is 0 Å². The molecular formula is C15H23NO. The first-order chi connectivity index (χ1) is 8.29. The number of benzene rings is 1. The molecule has 2 nitrogen and oxygen atoms in total. The van der Waals surface area contributed by atoms with Gasteiger partial charge in [0.1, 0.15) is 0 Å². The summed E-state index contributed by atoms with van der Waals surface area (Å²) in [5.41, 5.74) is 2.67. The van der Waals surface area contributed by atoms with Crippen LogP contribution in [0.15, 0.2) is 24.3 Å². The van der Waals surface area contributed by atoms with Crippen LogP contribution in [0, 0.1) is 6.92 Å². The second kappa shape index (κ2) is 6.18. The number of hydrogen-bond donors (Lipinski definition) is 1. The fourth-order valence-corrected chi connectivity index (χ4v) is 2.72. The standard InChI is InChI=1S/C15H23NO/c1-13-6-8-14(9-7-13)12-16(10-11-17)15-4-2-3-5-15/h6-9,15,17H,2-5,10-12H2,1H3. The Morgan fingerprint density at radius 2 is 1.82 bits per heavy atom. The Hall–Kier alpha value is -0.860. The molecule has 0 heterocycles. The fourth-order valence-electron chi connectivity index (χ4n) is 2.72. The minimum atomic E-state index is 0.266. The maximum Gasteiger partial charge on any atom is 0.0558 e. The van der Waals surface area contributed by atoms with E-state index in [1.165, 1.54) is 36.8 Å². The number of hydrogen-bond acceptors (Lipinski definition) is 2. The first-order valence-electron chi connectivity index (χ1n) is 6.70. The summed E-state index contributed by atoms with van der Waals surface area (Å²) in [6.45, 7) is 4.17. The van der Waals surface area contributed by atoms with Crippen LogP contribution in [-0.2, 0) is 6.54 Å². The molecule has 1 aliphatic rings. The lowest BCUT2D eigenvalue weighted by Crippen LogP contribution is -2.35. The van der Waals surface area contributed by atoms with E-state index in [9.17, 15) is 5.11 Å². The number of nitrogens with zero attached hydrogens (tertiary/aromatic N) is 1. The first kappa shape index (κ1) is 12.6. The monoisotopic (exact) mass is 233 g/mol. The van der Waals surface area contributed by atoms with Crippen molar-refractivity contribution in [1.29, 1.82) is 0 Å². The molecule has 0 bridgehead atoms. The highest BCUT2D eigenvalue weighted by Gasteiger charge is 2.21. The van der Waals surface area contributed by atoms with Gasteiger partial charge in [0.25, 0.3) is 0 Å². The van der Waals surface area contributed by atoms with Gasteiger partial charge in [-0.25, -0.2) is 0 Å². The second-order valence-corrected chi connectivity index (χ2v) is 5.12. The van der Waals surface area contributed by atoms with Crippen LogP contribution in [0.2, 0.25) is 0 Å². The average Bonchev–Trinajstić information content (AvgIpc) is 2.85. The molecule has 1 aromatic rings.